The highest BCUT2D eigenvalue weighted by molar-refractivity contribution is 6.00. The van der Waals surface area contributed by atoms with E-state index in [9.17, 15) is 4.79 Å². The van der Waals surface area contributed by atoms with Gasteiger partial charge in [0, 0.05) is 5.56 Å². The van der Waals surface area contributed by atoms with Gasteiger partial charge in [0.1, 0.15) is 0 Å². The van der Waals surface area contributed by atoms with Gasteiger partial charge in [-0.15, -0.1) is 0 Å². The number of nitrogens with one attached hydrogen (secondary N) is 1. The van der Waals surface area contributed by atoms with E-state index in [4.69, 9.17) is 10.9 Å². The van der Waals surface area contributed by atoms with Gasteiger partial charge in [-0.3, -0.25) is 4.79 Å². The van der Waals surface area contributed by atoms with Crippen molar-refractivity contribution in [3.63, 3.8) is 0 Å². The molecule has 5 heteroatoms. The predicted molar refractivity (Wildman–Crippen MR) is 75.4 cm³/mol. The molecule has 0 aromatic heterocycles. The number of amides is 1. The van der Waals surface area contributed by atoms with Crippen LogP contribution in [-0.2, 0) is 6.42 Å². The summed E-state index contributed by atoms with van der Waals surface area (Å²) in [5.41, 5.74) is 6.38. The molecule has 0 fully saturated rings. The largest absolute Gasteiger partial charge is 0.409 e. The number of aryl methyl sites for hydroxylation is 1. The van der Waals surface area contributed by atoms with Crippen LogP contribution in [0.15, 0.2) is 29.4 Å². The Balaban J connectivity index is 3.02. The van der Waals surface area contributed by atoms with E-state index in [1.54, 1.807) is 13.0 Å². The van der Waals surface area contributed by atoms with Crippen molar-refractivity contribution in [2.24, 2.45) is 10.9 Å². The van der Waals surface area contributed by atoms with Gasteiger partial charge in [-0.1, -0.05) is 37.2 Å². The highest BCUT2D eigenvalue weighted by atomic mass is 16.4. The lowest BCUT2D eigenvalue weighted by Crippen LogP contribution is -2.55. The maximum Gasteiger partial charge on any atom is 0.252 e. The molecule has 1 unspecified atom stereocenters. The molecule has 104 valence electrons. The molecule has 19 heavy (non-hydrogen) atoms. The molecule has 0 bridgehead atoms. The van der Waals surface area contributed by atoms with E-state index in [-0.39, 0.29) is 11.7 Å². The van der Waals surface area contributed by atoms with Crippen LogP contribution < -0.4 is 11.1 Å². The average molecular weight is 263 g/mol. The topological polar surface area (TPSA) is 87.7 Å². The van der Waals surface area contributed by atoms with Crippen LogP contribution in [0, 0.1) is 0 Å². The van der Waals surface area contributed by atoms with Crippen molar-refractivity contribution in [3.8, 4) is 0 Å². The summed E-state index contributed by atoms with van der Waals surface area (Å²) in [4.78, 5) is 12.3. The van der Waals surface area contributed by atoms with Crippen molar-refractivity contribution in [1.29, 1.82) is 0 Å². The Morgan fingerprint density at radius 2 is 2.05 bits per heavy atom. The smallest absolute Gasteiger partial charge is 0.252 e. The molecule has 0 spiro atoms. The first-order valence-corrected chi connectivity index (χ1v) is 6.37. The summed E-state index contributed by atoms with van der Waals surface area (Å²) in [5, 5.41) is 14.6. The molecule has 5 nitrogen and oxygen atoms in total. The summed E-state index contributed by atoms with van der Waals surface area (Å²) in [7, 11) is 0. The number of hydrogen-bond acceptors (Lipinski definition) is 3. The molecular weight excluding hydrogens is 242 g/mol. The van der Waals surface area contributed by atoms with Crippen LogP contribution in [0.5, 0.6) is 0 Å². The van der Waals surface area contributed by atoms with E-state index in [1.807, 2.05) is 32.0 Å². The highest BCUT2D eigenvalue weighted by Gasteiger charge is 2.30. The Bertz CT molecular complexity index is 485. The first kappa shape index (κ1) is 15.0. The van der Waals surface area contributed by atoms with Gasteiger partial charge in [0.15, 0.2) is 5.84 Å². The third-order valence-electron chi connectivity index (χ3n) is 3.41. The second kappa shape index (κ2) is 6.22. The number of benzene rings is 1. The molecule has 0 heterocycles. The van der Waals surface area contributed by atoms with Gasteiger partial charge in [0.25, 0.3) is 5.91 Å². The zero-order chi connectivity index (χ0) is 14.5. The van der Waals surface area contributed by atoms with E-state index < -0.39 is 5.54 Å². The van der Waals surface area contributed by atoms with E-state index >= 15 is 0 Å². The Kier molecular flexibility index (Phi) is 4.92. The fourth-order valence-electron chi connectivity index (χ4n) is 1.81. The minimum Gasteiger partial charge on any atom is -0.409 e. The monoisotopic (exact) mass is 263 g/mol. The Morgan fingerprint density at radius 3 is 2.58 bits per heavy atom. The molecule has 1 aromatic carbocycles. The summed E-state index contributed by atoms with van der Waals surface area (Å²) in [6, 6.07) is 7.41. The van der Waals surface area contributed by atoms with Gasteiger partial charge in [-0.05, 0) is 31.4 Å². The number of amidine groups is 1. The van der Waals surface area contributed by atoms with Crippen LogP contribution in [0.3, 0.4) is 0 Å². The van der Waals surface area contributed by atoms with Crippen LogP contribution in [0.25, 0.3) is 0 Å². The second-order valence-corrected chi connectivity index (χ2v) is 4.64. The Labute approximate surface area is 113 Å². The van der Waals surface area contributed by atoms with Gasteiger partial charge in [-0.2, -0.15) is 0 Å². The summed E-state index contributed by atoms with van der Waals surface area (Å²) >= 11 is 0. The summed E-state index contributed by atoms with van der Waals surface area (Å²) < 4.78 is 0. The molecule has 1 atom stereocenters. The van der Waals surface area contributed by atoms with Crippen molar-refractivity contribution in [2.75, 3.05) is 0 Å². The first-order chi connectivity index (χ1) is 8.98. The van der Waals surface area contributed by atoms with E-state index in [0.717, 1.165) is 12.0 Å². The van der Waals surface area contributed by atoms with Crippen LogP contribution in [0.1, 0.15) is 43.1 Å². The lowest BCUT2D eigenvalue weighted by molar-refractivity contribution is 0.0924. The lowest BCUT2D eigenvalue weighted by Gasteiger charge is -2.28. The second-order valence-electron chi connectivity index (χ2n) is 4.64. The van der Waals surface area contributed by atoms with Crippen LogP contribution in [0.2, 0.25) is 0 Å². The molecule has 0 aliphatic carbocycles. The number of hydrogen-bond donors (Lipinski definition) is 3. The van der Waals surface area contributed by atoms with Crippen molar-refractivity contribution < 1.29 is 10.0 Å². The van der Waals surface area contributed by atoms with Gasteiger partial charge in [0.2, 0.25) is 0 Å². The number of carbonyl (C=O) groups is 1. The van der Waals surface area contributed by atoms with E-state index in [1.165, 1.54) is 0 Å². The fraction of sp³-hybridized carbons (Fsp3) is 0.429. The van der Waals surface area contributed by atoms with Crippen LogP contribution in [0.4, 0.5) is 0 Å². The van der Waals surface area contributed by atoms with Crippen molar-refractivity contribution in [2.45, 2.75) is 39.2 Å². The Morgan fingerprint density at radius 1 is 1.42 bits per heavy atom. The van der Waals surface area contributed by atoms with Crippen molar-refractivity contribution in [3.05, 3.63) is 35.4 Å². The fourth-order valence-corrected chi connectivity index (χ4v) is 1.81. The number of rotatable bonds is 5. The van der Waals surface area contributed by atoms with Crippen LogP contribution in [-0.4, -0.2) is 22.5 Å². The predicted octanol–water partition coefficient (Wildman–Crippen LogP) is 1.89. The normalized spacial score (nSPS) is 14.8. The molecule has 0 aliphatic rings. The van der Waals surface area contributed by atoms with E-state index in [0.29, 0.717) is 12.0 Å². The number of carbonyl (C=O) groups excluding carboxylic acids is 1. The lowest BCUT2D eigenvalue weighted by atomic mass is 9.96. The molecule has 0 aliphatic heterocycles. The minimum atomic E-state index is -0.854. The maximum absolute atomic E-state index is 12.3. The van der Waals surface area contributed by atoms with Gasteiger partial charge in [-0.25, -0.2) is 0 Å². The molecule has 1 rings (SSSR count). The number of nitrogens with zero attached hydrogens (tertiary/aromatic N) is 1. The first-order valence-electron chi connectivity index (χ1n) is 6.37. The van der Waals surface area contributed by atoms with E-state index in [2.05, 4.69) is 10.5 Å². The van der Waals surface area contributed by atoms with Crippen LogP contribution >= 0.6 is 0 Å². The highest BCUT2D eigenvalue weighted by Crippen LogP contribution is 2.14. The summed E-state index contributed by atoms with van der Waals surface area (Å²) in [6.45, 7) is 5.59. The SMILES string of the molecule is CCc1ccccc1C(=O)NC(C)(CC)/C(N)=N/O. The third kappa shape index (κ3) is 3.24. The van der Waals surface area contributed by atoms with Gasteiger partial charge < -0.3 is 16.3 Å². The number of oxime groups is 1. The summed E-state index contributed by atoms with van der Waals surface area (Å²) in [5.74, 6) is -0.217. The molecule has 0 radical (unpaired) electrons. The Hall–Kier alpha value is -2.04. The minimum absolute atomic E-state index is 0.00247. The molecule has 0 saturated carbocycles. The molecular formula is C14H21N3O2. The van der Waals surface area contributed by atoms with Crippen molar-refractivity contribution in [1.82, 2.24) is 5.32 Å². The molecule has 1 aromatic rings. The zero-order valence-corrected chi connectivity index (χ0v) is 11.6. The van der Waals surface area contributed by atoms with Gasteiger partial charge >= 0.3 is 0 Å². The van der Waals surface area contributed by atoms with Crippen molar-refractivity contribution >= 4 is 11.7 Å². The number of nitrogens with two attached hydrogens (primary N) is 1. The zero-order valence-electron chi connectivity index (χ0n) is 11.6. The molecule has 0 saturated heterocycles. The third-order valence-corrected chi connectivity index (χ3v) is 3.41. The summed E-state index contributed by atoms with van der Waals surface area (Å²) in [6.07, 6.45) is 1.30. The average Bonchev–Trinajstić information content (AvgIpc) is 2.45. The van der Waals surface area contributed by atoms with Gasteiger partial charge in [0.05, 0.1) is 5.54 Å². The molecule has 4 N–H and O–H groups in total. The quantitative estimate of drug-likeness (QED) is 0.328. The standard InChI is InChI=1S/C14H21N3O2/c1-4-10-8-6-7-9-11(10)12(18)16-14(3,5-2)13(15)17-19/h6-9,19H,4-5H2,1-3H3,(H2,15,17)(H,16,18). The maximum atomic E-state index is 12.3. The molecule has 1 amide bonds.